The van der Waals surface area contributed by atoms with E-state index in [2.05, 4.69) is 10.3 Å². The van der Waals surface area contributed by atoms with Crippen LogP contribution in [0.2, 0.25) is 0 Å². The molecule has 2 N–H and O–H groups in total. The number of carbonyl (C=O) groups excluding carboxylic acids is 1. The van der Waals surface area contributed by atoms with Gasteiger partial charge in [0, 0.05) is 19.9 Å². The molecule has 0 fully saturated rings. The van der Waals surface area contributed by atoms with Crippen molar-refractivity contribution in [1.82, 2.24) is 14.7 Å². The summed E-state index contributed by atoms with van der Waals surface area (Å²) in [5, 5.41) is 12.0. The van der Waals surface area contributed by atoms with E-state index in [9.17, 15) is 4.79 Å². The topological polar surface area (TPSA) is 75.9 Å². The lowest BCUT2D eigenvalue weighted by atomic mass is 9.99. The summed E-state index contributed by atoms with van der Waals surface area (Å²) in [6.45, 7) is 2.15. The van der Waals surface area contributed by atoms with Crippen molar-refractivity contribution >= 4 is 11.6 Å². The Labute approximate surface area is 117 Å². The zero-order chi connectivity index (χ0) is 14.6. The molecule has 108 valence electrons. The summed E-state index contributed by atoms with van der Waals surface area (Å²) >= 11 is 0. The Balaban J connectivity index is 2.22. The number of rotatable bonds is 6. The highest BCUT2D eigenvalue weighted by atomic mass is 16.5. The highest BCUT2D eigenvalue weighted by Crippen LogP contribution is 2.12. The minimum absolute atomic E-state index is 0.0205. The molecule has 0 saturated heterocycles. The number of aliphatic hydroxyl groups excluding tert-OH is 1. The highest BCUT2D eigenvalue weighted by Gasteiger charge is 2.27. The number of carbonyl (C=O) groups is 1. The lowest BCUT2D eigenvalue weighted by Crippen LogP contribution is -2.50. The van der Waals surface area contributed by atoms with Crippen molar-refractivity contribution in [2.45, 2.75) is 18.9 Å². The van der Waals surface area contributed by atoms with Crippen LogP contribution in [0.15, 0.2) is 30.6 Å². The molecule has 2 aromatic rings. The third kappa shape index (κ3) is 2.97. The van der Waals surface area contributed by atoms with E-state index in [0.717, 1.165) is 0 Å². The first-order valence-electron chi connectivity index (χ1n) is 6.44. The smallest absolute Gasteiger partial charge is 0.270 e. The molecule has 1 amide bonds. The largest absolute Gasteiger partial charge is 0.396 e. The molecule has 1 atom stereocenters. The number of hydrogen-bond acceptors (Lipinski definition) is 4. The van der Waals surface area contributed by atoms with Gasteiger partial charge in [-0.15, -0.1) is 0 Å². The lowest BCUT2D eigenvalue weighted by molar-refractivity contribution is 0.0721. The molecule has 0 aliphatic rings. The lowest BCUT2D eigenvalue weighted by Gasteiger charge is -2.29. The SMILES string of the molecule is COCC(C)(CCO)NC(=O)c1cnc2ccccn12. The van der Waals surface area contributed by atoms with Gasteiger partial charge in [0.05, 0.1) is 18.3 Å². The Hall–Kier alpha value is -1.92. The monoisotopic (exact) mass is 277 g/mol. The molecule has 0 aliphatic heterocycles. The predicted octanol–water partition coefficient (Wildman–Crippen LogP) is 0.852. The average molecular weight is 277 g/mol. The van der Waals surface area contributed by atoms with Crippen LogP contribution in [0.25, 0.3) is 5.65 Å². The molecular weight excluding hydrogens is 258 g/mol. The second-order valence-corrected chi connectivity index (χ2v) is 4.99. The molecule has 20 heavy (non-hydrogen) atoms. The van der Waals surface area contributed by atoms with Crippen LogP contribution < -0.4 is 5.32 Å². The van der Waals surface area contributed by atoms with E-state index >= 15 is 0 Å². The molecule has 0 aliphatic carbocycles. The minimum atomic E-state index is -0.612. The van der Waals surface area contributed by atoms with E-state index in [1.807, 2.05) is 25.1 Å². The summed E-state index contributed by atoms with van der Waals surface area (Å²) in [6.07, 6.45) is 3.75. The Morgan fingerprint density at radius 2 is 2.35 bits per heavy atom. The second kappa shape index (κ2) is 6.02. The molecule has 2 heterocycles. The standard InChI is InChI=1S/C14H19N3O3/c1-14(6-8-18,10-20-2)16-13(19)11-9-15-12-5-3-4-7-17(11)12/h3-5,7,9,18H,6,8,10H2,1-2H3,(H,16,19). The number of fused-ring (bicyclic) bond motifs is 1. The number of methoxy groups -OCH3 is 1. The zero-order valence-corrected chi connectivity index (χ0v) is 11.7. The predicted molar refractivity (Wildman–Crippen MR) is 74.6 cm³/mol. The van der Waals surface area contributed by atoms with Gasteiger partial charge in [-0.1, -0.05) is 6.07 Å². The normalized spacial score (nSPS) is 14.2. The van der Waals surface area contributed by atoms with E-state index in [0.29, 0.717) is 24.4 Å². The van der Waals surface area contributed by atoms with Crippen molar-refractivity contribution in [2.75, 3.05) is 20.3 Å². The van der Waals surface area contributed by atoms with Gasteiger partial charge in [0.2, 0.25) is 0 Å². The first-order chi connectivity index (χ1) is 9.59. The summed E-state index contributed by atoms with van der Waals surface area (Å²) in [4.78, 5) is 16.6. The molecule has 6 heteroatoms. The first-order valence-corrected chi connectivity index (χ1v) is 6.44. The maximum Gasteiger partial charge on any atom is 0.270 e. The molecule has 0 spiro atoms. The molecule has 0 bridgehead atoms. The summed E-state index contributed by atoms with van der Waals surface area (Å²) in [5.41, 5.74) is 0.564. The van der Waals surface area contributed by atoms with Crippen molar-refractivity contribution in [3.63, 3.8) is 0 Å². The van der Waals surface area contributed by atoms with Crippen LogP contribution in [0.1, 0.15) is 23.8 Å². The van der Waals surface area contributed by atoms with Crippen LogP contribution in [-0.4, -0.2) is 46.3 Å². The summed E-state index contributed by atoms with van der Waals surface area (Å²) in [7, 11) is 1.57. The first kappa shape index (κ1) is 14.5. The van der Waals surface area contributed by atoms with Gasteiger partial charge in [0.1, 0.15) is 11.3 Å². The number of imidazole rings is 1. The summed E-state index contributed by atoms with van der Waals surface area (Å²) < 4.78 is 6.84. The van der Waals surface area contributed by atoms with Crippen LogP contribution >= 0.6 is 0 Å². The summed E-state index contributed by atoms with van der Waals surface area (Å²) in [5.74, 6) is -0.239. The average Bonchev–Trinajstić information content (AvgIpc) is 2.82. The van der Waals surface area contributed by atoms with E-state index < -0.39 is 5.54 Å². The van der Waals surface area contributed by atoms with Gasteiger partial charge in [-0.3, -0.25) is 9.20 Å². The van der Waals surface area contributed by atoms with E-state index in [4.69, 9.17) is 9.84 Å². The fourth-order valence-electron chi connectivity index (χ4n) is 2.17. The van der Waals surface area contributed by atoms with Crippen LogP contribution in [0, 0.1) is 0 Å². The second-order valence-electron chi connectivity index (χ2n) is 4.99. The number of nitrogens with one attached hydrogen (secondary N) is 1. The fourth-order valence-corrected chi connectivity index (χ4v) is 2.17. The van der Waals surface area contributed by atoms with Gasteiger partial charge < -0.3 is 15.2 Å². The number of aromatic nitrogens is 2. The van der Waals surface area contributed by atoms with Crippen LogP contribution in [0.3, 0.4) is 0 Å². The molecule has 0 aromatic carbocycles. The number of amides is 1. The molecule has 1 unspecified atom stereocenters. The van der Waals surface area contributed by atoms with Crippen molar-refractivity contribution in [2.24, 2.45) is 0 Å². The van der Waals surface area contributed by atoms with Crippen LogP contribution in [0.5, 0.6) is 0 Å². The molecule has 2 rings (SSSR count). The molecule has 6 nitrogen and oxygen atoms in total. The third-order valence-electron chi connectivity index (χ3n) is 3.19. The van der Waals surface area contributed by atoms with E-state index in [1.165, 1.54) is 6.20 Å². The zero-order valence-electron chi connectivity index (χ0n) is 11.7. The number of aliphatic hydroxyl groups is 1. The quantitative estimate of drug-likeness (QED) is 0.821. The van der Waals surface area contributed by atoms with Gasteiger partial charge in [-0.2, -0.15) is 0 Å². The van der Waals surface area contributed by atoms with E-state index in [1.54, 1.807) is 17.7 Å². The van der Waals surface area contributed by atoms with E-state index in [-0.39, 0.29) is 12.5 Å². The number of hydrogen-bond donors (Lipinski definition) is 2. The molecule has 0 saturated carbocycles. The number of nitrogens with zero attached hydrogens (tertiary/aromatic N) is 2. The molecule has 2 aromatic heterocycles. The van der Waals surface area contributed by atoms with Crippen molar-refractivity contribution in [1.29, 1.82) is 0 Å². The van der Waals surface area contributed by atoms with Gasteiger partial charge in [0.15, 0.2) is 0 Å². The number of pyridine rings is 1. The maximum absolute atomic E-state index is 12.4. The maximum atomic E-state index is 12.4. The van der Waals surface area contributed by atoms with Crippen LogP contribution in [0.4, 0.5) is 0 Å². The van der Waals surface area contributed by atoms with Gasteiger partial charge in [-0.25, -0.2) is 4.98 Å². The number of ether oxygens (including phenoxy) is 1. The van der Waals surface area contributed by atoms with Crippen LogP contribution in [-0.2, 0) is 4.74 Å². The third-order valence-corrected chi connectivity index (χ3v) is 3.19. The van der Waals surface area contributed by atoms with Gasteiger partial charge in [-0.05, 0) is 25.5 Å². The Bertz CT molecular complexity index is 588. The Morgan fingerprint density at radius 3 is 3.05 bits per heavy atom. The molecular formula is C14H19N3O3. The molecule has 0 radical (unpaired) electrons. The highest BCUT2D eigenvalue weighted by molar-refractivity contribution is 5.93. The van der Waals surface area contributed by atoms with Crippen molar-refractivity contribution in [3.05, 3.63) is 36.3 Å². The van der Waals surface area contributed by atoms with Gasteiger partial charge >= 0.3 is 0 Å². The summed E-state index contributed by atoms with van der Waals surface area (Å²) in [6, 6.07) is 5.54. The Kier molecular flexibility index (Phi) is 4.36. The Morgan fingerprint density at radius 1 is 1.55 bits per heavy atom. The fraction of sp³-hybridized carbons (Fsp3) is 0.429. The van der Waals surface area contributed by atoms with Crippen molar-refractivity contribution in [3.8, 4) is 0 Å². The minimum Gasteiger partial charge on any atom is -0.396 e. The van der Waals surface area contributed by atoms with Gasteiger partial charge in [0.25, 0.3) is 5.91 Å². The van der Waals surface area contributed by atoms with Crippen molar-refractivity contribution < 1.29 is 14.6 Å².